The maximum absolute atomic E-state index is 3.73. The first-order valence-corrected chi connectivity index (χ1v) is 5.05. The molecular formula is C14H20. The Kier molecular flexibility index (Phi) is 6.47. The van der Waals surface area contributed by atoms with Gasteiger partial charge in [-0.15, -0.1) is 0 Å². The summed E-state index contributed by atoms with van der Waals surface area (Å²) in [5, 5.41) is 0. The topological polar surface area (TPSA) is 0 Å². The van der Waals surface area contributed by atoms with Crippen molar-refractivity contribution >= 4 is 12.2 Å². The van der Waals surface area contributed by atoms with E-state index in [-0.39, 0.29) is 0 Å². The Labute approximate surface area is 88.0 Å². The molecule has 0 bridgehead atoms. The van der Waals surface area contributed by atoms with Crippen molar-refractivity contribution in [3.63, 3.8) is 0 Å². The lowest BCUT2D eigenvalue weighted by Gasteiger charge is -2.00. The highest BCUT2D eigenvalue weighted by atomic mass is 14.0. The number of hydrogen-bond donors (Lipinski definition) is 0. The van der Waals surface area contributed by atoms with Gasteiger partial charge < -0.3 is 0 Å². The lowest BCUT2D eigenvalue weighted by Crippen LogP contribution is -1.80. The third-order valence-electron chi connectivity index (χ3n) is 1.68. The predicted molar refractivity (Wildman–Crippen MR) is 67.3 cm³/mol. The van der Waals surface area contributed by atoms with Crippen LogP contribution >= 0.6 is 0 Å². The molecule has 0 aromatic heterocycles. The number of aryl methyl sites for hydroxylation is 1. The average molecular weight is 188 g/mol. The van der Waals surface area contributed by atoms with Gasteiger partial charge in [0.15, 0.2) is 0 Å². The zero-order valence-electron chi connectivity index (χ0n) is 9.51. The molecule has 14 heavy (non-hydrogen) atoms. The molecule has 0 nitrogen and oxygen atoms in total. The highest BCUT2D eigenvalue weighted by Gasteiger charge is 1.93. The molecule has 0 amide bonds. The Balaban J connectivity index is 0.000000500. The smallest absolute Gasteiger partial charge is 0.0187 e. The number of benzene rings is 1. The predicted octanol–water partition coefficient (Wildman–Crippen LogP) is 4.70. The fourth-order valence-electron chi connectivity index (χ4n) is 1.06. The summed E-state index contributed by atoms with van der Waals surface area (Å²) in [7, 11) is 0. The molecule has 0 heterocycles. The van der Waals surface area contributed by atoms with Crippen molar-refractivity contribution in [3.05, 3.63) is 48.0 Å². The van der Waals surface area contributed by atoms with Crippen LogP contribution in [0.3, 0.4) is 0 Å². The van der Waals surface area contributed by atoms with Crippen LogP contribution in [0.1, 0.15) is 37.0 Å². The second-order valence-corrected chi connectivity index (χ2v) is 3.25. The largest absolute Gasteiger partial charge is 0.0984 e. The molecule has 0 radical (unpaired) electrons. The minimum Gasteiger partial charge on any atom is -0.0984 e. The van der Waals surface area contributed by atoms with Crippen LogP contribution in [0.15, 0.2) is 31.4 Å². The van der Waals surface area contributed by atoms with E-state index in [4.69, 9.17) is 0 Å². The highest BCUT2D eigenvalue weighted by molar-refractivity contribution is 5.64. The van der Waals surface area contributed by atoms with Crippen molar-refractivity contribution in [2.24, 2.45) is 0 Å². The Hall–Kier alpha value is -1.30. The quantitative estimate of drug-likeness (QED) is 0.631. The minimum atomic E-state index is 1.14. The molecule has 0 aliphatic carbocycles. The van der Waals surface area contributed by atoms with Crippen LogP contribution in [0.25, 0.3) is 12.2 Å². The van der Waals surface area contributed by atoms with Gasteiger partial charge in [-0.3, -0.25) is 0 Å². The molecule has 0 saturated heterocycles. The first-order chi connectivity index (χ1) is 6.69. The maximum Gasteiger partial charge on any atom is -0.0187 e. The highest BCUT2D eigenvalue weighted by Crippen LogP contribution is 2.13. The van der Waals surface area contributed by atoms with E-state index in [2.05, 4.69) is 52.1 Å². The molecular weight excluding hydrogens is 168 g/mol. The average Bonchev–Trinajstić information content (AvgIpc) is 2.19. The van der Waals surface area contributed by atoms with Crippen molar-refractivity contribution in [1.82, 2.24) is 0 Å². The van der Waals surface area contributed by atoms with Crippen LogP contribution in [0, 0.1) is 6.92 Å². The van der Waals surface area contributed by atoms with E-state index >= 15 is 0 Å². The van der Waals surface area contributed by atoms with Crippen molar-refractivity contribution in [2.75, 3.05) is 0 Å². The van der Waals surface area contributed by atoms with Crippen LogP contribution in [0.4, 0.5) is 0 Å². The summed E-state index contributed by atoms with van der Waals surface area (Å²) in [6, 6.07) is 6.23. The van der Waals surface area contributed by atoms with Gasteiger partial charge in [0.25, 0.3) is 0 Å². The molecule has 0 N–H and O–H groups in total. The number of hydrogen-bond acceptors (Lipinski definition) is 0. The van der Waals surface area contributed by atoms with E-state index in [1.807, 2.05) is 12.2 Å². The molecule has 0 spiro atoms. The Morgan fingerprint density at radius 1 is 1.07 bits per heavy atom. The SMILES string of the molecule is C=Cc1ccc(C)cc1C=C.CCC. The van der Waals surface area contributed by atoms with E-state index in [0.29, 0.717) is 0 Å². The van der Waals surface area contributed by atoms with Crippen LogP contribution in [0.5, 0.6) is 0 Å². The third-order valence-corrected chi connectivity index (χ3v) is 1.68. The van der Waals surface area contributed by atoms with Crippen LogP contribution in [-0.4, -0.2) is 0 Å². The summed E-state index contributed by atoms with van der Waals surface area (Å²) in [4.78, 5) is 0. The van der Waals surface area contributed by atoms with Crippen molar-refractivity contribution in [2.45, 2.75) is 27.2 Å². The number of rotatable bonds is 2. The van der Waals surface area contributed by atoms with Gasteiger partial charge >= 0.3 is 0 Å². The van der Waals surface area contributed by atoms with E-state index in [1.54, 1.807) is 0 Å². The summed E-state index contributed by atoms with van der Waals surface area (Å²) in [5.74, 6) is 0. The van der Waals surface area contributed by atoms with Gasteiger partial charge in [-0.1, -0.05) is 69.3 Å². The molecule has 0 fully saturated rings. The fourth-order valence-corrected chi connectivity index (χ4v) is 1.06. The van der Waals surface area contributed by atoms with Crippen molar-refractivity contribution < 1.29 is 0 Å². The summed E-state index contributed by atoms with van der Waals surface area (Å²) in [5.41, 5.74) is 3.55. The summed E-state index contributed by atoms with van der Waals surface area (Å²) < 4.78 is 0. The van der Waals surface area contributed by atoms with Crippen LogP contribution in [-0.2, 0) is 0 Å². The van der Waals surface area contributed by atoms with E-state index in [9.17, 15) is 0 Å². The Morgan fingerprint density at radius 2 is 1.57 bits per heavy atom. The minimum absolute atomic E-state index is 1.14. The Bertz CT molecular complexity index is 295. The first-order valence-electron chi connectivity index (χ1n) is 5.05. The molecule has 0 saturated carbocycles. The molecule has 0 atom stereocenters. The van der Waals surface area contributed by atoms with Crippen LogP contribution < -0.4 is 0 Å². The zero-order chi connectivity index (χ0) is 11.0. The fraction of sp³-hybridized carbons (Fsp3) is 0.286. The normalized spacial score (nSPS) is 8.50. The summed E-state index contributed by atoms with van der Waals surface area (Å²) in [6.07, 6.45) is 4.94. The third kappa shape index (κ3) is 4.08. The summed E-state index contributed by atoms with van der Waals surface area (Å²) in [6.45, 7) is 13.8. The van der Waals surface area contributed by atoms with Gasteiger partial charge in [0.2, 0.25) is 0 Å². The molecule has 0 heteroatoms. The van der Waals surface area contributed by atoms with Gasteiger partial charge in [0, 0.05) is 0 Å². The van der Waals surface area contributed by atoms with E-state index in [1.165, 1.54) is 12.0 Å². The molecule has 0 aliphatic heterocycles. The van der Waals surface area contributed by atoms with Gasteiger partial charge in [-0.2, -0.15) is 0 Å². The van der Waals surface area contributed by atoms with Gasteiger partial charge in [-0.25, -0.2) is 0 Å². The van der Waals surface area contributed by atoms with Crippen molar-refractivity contribution in [3.8, 4) is 0 Å². The monoisotopic (exact) mass is 188 g/mol. The van der Waals surface area contributed by atoms with Gasteiger partial charge in [0.05, 0.1) is 0 Å². The standard InChI is InChI=1S/C11H12.C3H8/c1-4-10-7-6-9(3)8-11(10)5-2;1-3-2/h4-8H,1-2H2,3H3;3H2,1-2H3. The van der Waals surface area contributed by atoms with E-state index < -0.39 is 0 Å². The molecule has 1 rings (SSSR count). The molecule has 0 unspecified atom stereocenters. The molecule has 0 aliphatic rings. The summed E-state index contributed by atoms with van der Waals surface area (Å²) >= 11 is 0. The Morgan fingerprint density at radius 3 is 2.00 bits per heavy atom. The van der Waals surface area contributed by atoms with E-state index in [0.717, 1.165) is 11.1 Å². The van der Waals surface area contributed by atoms with Gasteiger partial charge in [0.1, 0.15) is 0 Å². The van der Waals surface area contributed by atoms with Gasteiger partial charge in [-0.05, 0) is 18.1 Å². The first kappa shape index (κ1) is 12.7. The second-order valence-electron chi connectivity index (χ2n) is 3.25. The second kappa shape index (κ2) is 7.14. The van der Waals surface area contributed by atoms with Crippen LogP contribution in [0.2, 0.25) is 0 Å². The van der Waals surface area contributed by atoms with Crippen molar-refractivity contribution in [1.29, 1.82) is 0 Å². The lowest BCUT2D eigenvalue weighted by atomic mass is 10.0. The molecule has 1 aromatic rings. The molecule has 1 aromatic carbocycles. The molecule has 76 valence electrons. The zero-order valence-corrected chi connectivity index (χ0v) is 9.51. The maximum atomic E-state index is 3.73. The lowest BCUT2D eigenvalue weighted by molar-refractivity contribution is 1.09.